The lowest BCUT2D eigenvalue weighted by atomic mass is 10.2. The van der Waals surface area contributed by atoms with Crippen LogP contribution >= 0.6 is 0 Å². The first-order chi connectivity index (χ1) is 9.47. The number of amides is 3. The standard InChI is InChI=1S/C14H22N4O2/c1-4-18(5-2)13(19)10(3)16-14(20)17-12-8-6-7-11(15)9-12/h6-10H,4-5,15H2,1-3H3,(H2,16,17,20). The first-order valence-electron chi connectivity index (χ1n) is 6.69. The highest BCUT2D eigenvalue weighted by Gasteiger charge is 2.19. The highest BCUT2D eigenvalue weighted by atomic mass is 16.2. The summed E-state index contributed by atoms with van der Waals surface area (Å²) in [5.41, 5.74) is 6.78. The lowest BCUT2D eigenvalue weighted by Gasteiger charge is -2.23. The number of nitrogens with zero attached hydrogens (tertiary/aromatic N) is 1. The van der Waals surface area contributed by atoms with Gasteiger partial charge in [0.1, 0.15) is 6.04 Å². The van der Waals surface area contributed by atoms with Crippen LogP contribution in [-0.4, -0.2) is 36.0 Å². The van der Waals surface area contributed by atoms with Crippen LogP contribution in [0.4, 0.5) is 16.2 Å². The molecular formula is C14H22N4O2. The number of hydrogen-bond donors (Lipinski definition) is 3. The van der Waals surface area contributed by atoms with E-state index in [4.69, 9.17) is 5.73 Å². The molecule has 20 heavy (non-hydrogen) atoms. The molecule has 1 rings (SSSR count). The molecule has 0 aromatic heterocycles. The predicted molar refractivity (Wildman–Crippen MR) is 80.4 cm³/mol. The molecule has 6 nitrogen and oxygen atoms in total. The fraction of sp³-hybridized carbons (Fsp3) is 0.429. The van der Waals surface area contributed by atoms with Gasteiger partial charge in [-0.3, -0.25) is 4.79 Å². The average molecular weight is 278 g/mol. The first kappa shape index (κ1) is 15.8. The van der Waals surface area contributed by atoms with E-state index >= 15 is 0 Å². The van der Waals surface area contributed by atoms with E-state index in [2.05, 4.69) is 10.6 Å². The van der Waals surface area contributed by atoms with Gasteiger partial charge < -0.3 is 21.3 Å². The number of carbonyl (C=O) groups is 2. The molecule has 1 aromatic rings. The number of rotatable bonds is 5. The molecule has 0 bridgehead atoms. The Morgan fingerprint density at radius 3 is 2.50 bits per heavy atom. The zero-order valence-electron chi connectivity index (χ0n) is 12.1. The maximum Gasteiger partial charge on any atom is 0.319 e. The van der Waals surface area contributed by atoms with Crippen LogP contribution in [0.1, 0.15) is 20.8 Å². The summed E-state index contributed by atoms with van der Waals surface area (Å²) in [6.07, 6.45) is 0. The first-order valence-corrected chi connectivity index (χ1v) is 6.69. The molecule has 0 aliphatic heterocycles. The van der Waals surface area contributed by atoms with Crippen molar-refractivity contribution in [2.45, 2.75) is 26.8 Å². The zero-order valence-corrected chi connectivity index (χ0v) is 12.1. The highest BCUT2D eigenvalue weighted by molar-refractivity contribution is 5.93. The molecule has 0 aliphatic rings. The van der Waals surface area contributed by atoms with Crippen LogP contribution in [0.15, 0.2) is 24.3 Å². The fourth-order valence-electron chi connectivity index (χ4n) is 1.85. The monoisotopic (exact) mass is 278 g/mol. The number of hydrogen-bond acceptors (Lipinski definition) is 3. The van der Waals surface area contributed by atoms with Crippen LogP contribution in [0.3, 0.4) is 0 Å². The third-order valence-electron chi connectivity index (χ3n) is 2.94. The number of likely N-dealkylation sites (N-methyl/N-ethyl adjacent to an activating group) is 1. The second kappa shape index (κ2) is 7.37. The van der Waals surface area contributed by atoms with E-state index in [-0.39, 0.29) is 5.91 Å². The molecule has 0 aliphatic carbocycles. The van der Waals surface area contributed by atoms with Gasteiger partial charge in [-0.1, -0.05) is 6.07 Å². The van der Waals surface area contributed by atoms with Crippen molar-refractivity contribution in [1.82, 2.24) is 10.2 Å². The van der Waals surface area contributed by atoms with Gasteiger partial charge in [-0.25, -0.2) is 4.79 Å². The van der Waals surface area contributed by atoms with Gasteiger partial charge in [0.15, 0.2) is 0 Å². The zero-order chi connectivity index (χ0) is 15.1. The summed E-state index contributed by atoms with van der Waals surface area (Å²) in [6.45, 7) is 6.72. The Kier molecular flexibility index (Phi) is 5.83. The molecular weight excluding hydrogens is 256 g/mol. The minimum atomic E-state index is -0.573. The van der Waals surface area contributed by atoms with Gasteiger partial charge in [-0.2, -0.15) is 0 Å². The summed E-state index contributed by atoms with van der Waals surface area (Å²) in [6, 6.07) is 5.86. The third-order valence-corrected chi connectivity index (χ3v) is 2.94. The Labute approximate surface area is 119 Å². The van der Waals surface area contributed by atoms with E-state index in [9.17, 15) is 9.59 Å². The molecule has 1 aromatic carbocycles. The van der Waals surface area contributed by atoms with Crippen LogP contribution < -0.4 is 16.4 Å². The maximum atomic E-state index is 12.0. The summed E-state index contributed by atoms with van der Waals surface area (Å²) < 4.78 is 0. The van der Waals surface area contributed by atoms with Crippen molar-refractivity contribution in [1.29, 1.82) is 0 Å². The molecule has 3 amide bonds. The highest BCUT2D eigenvalue weighted by Crippen LogP contribution is 2.11. The summed E-state index contributed by atoms with van der Waals surface area (Å²) in [5.74, 6) is -0.0993. The van der Waals surface area contributed by atoms with Gasteiger partial charge in [-0.05, 0) is 39.0 Å². The van der Waals surface area contributed by atoms with Crippen LogP contribution in [0.2, 0.25) is 0 Å². The van der Waals surface area contributed by atoms with E-state index in [1.54, 1.807) is 36.1 Å². The number of urea groups is 1. The minimum absolute atomic E-state index is 0.0993. The average Bonchev–Trinajstić information content (AvgIpc) is 2.39. The second-order valence-corrected chi connectivity index (χ2v) is 4.46. The van der Waals surface area contributed by atoms with Gasteiger partial charge in [0.2, 0.25) is 5.91 Å². The van der Waals surface area contributed by atoms with Gasteiger partial charge in [0.05, 0.1) is 0 Å². The summed E-state index contributed by atoms with van der Waals surface area (Å²) >= 11 is 0. The van der Waals surface area contributed by atoms with E-state index in [1.165, 1.54) is 0 Å². The molecule has 110 valence electrons. The molecule has 1 atom stereocenters. The Morgan fingerprint density at radius 1 is 1.30 bits per heavy atom. The smallest absolute Gasteiger partial charge is 0.319 e. The number of nitrogen functional groups attached to an aromatic ring is 1. The summed E-state index contributed by atoms with van der Waals surface area (Å²) in [7, 11) is 0. The molecule has 0 heterocycles. The SMILES string of the molecule is CCN(CC)C(=O)C(C)NC(=O)Nc1cccc(N)c1. The second-order valence-electron chi connectivity index (χ2n) is 4.46. The summed E-state index contributed by atoms with van der Waals surface area (Å²) in [4.78, 5) is 25.5. The van der Waals surface area contributed by atoms with Crippen LogP contribution in [-0.2, 0) is 4.79 Å². The van der Waals surface area contributed by atoms with Crippen molar-refractivity contribution >= 4 is 23.3 Å². The van der Waals surface area contributed by atoms with Gasteiger partial charge in [-0.15, -0.1) is 0 Å². The van der Waals surface area contributed by atoms with E-state index < -0.39 is 12.1 Å². The molecule has 0 spiro atoms. The summed E-state index contributed by atoms with van der Waals surface area (Å²) in [5, 5.41) is 5.26. The van der Waals surface area contributed by atoms with Crippen molar-refractivity contribution < 1.29 is 9.59 Å². The van der Waals surface area contributed by atoms with Crippen molar-refractivity contribution in [3.63, 3.8) is 0 Å². The predicted octanol–water partition coefficient (Wildman–Crippen LogP) is 1.65. The molecule has 1 unspecified atom stereocenters. The quantitative estimate of drug-likeness (QED) is 0.716. The molecule has 6 heteroatoms. The third kappa shape index (κ3) is 4.46. The van der Waals surface area contributed by atoms with E-state index in [0.717, 1.165) is 0 Å². The van der Waals surface area contributed by atoms with Crippen LogP contribution in [0, 0.1) is 0 Å². The number of anilines is 2. The van der Waals surface area contributed by atoms with Gasteiger partial charge in [0, 0.05) is 24.5 Å². The largest absolute Gasteiger partial charge is 0.399 e. The van der Waals surface area contributed by atoms with Gasteiger partial charge >= 0.3 is 6.03 Å². The van der Waals surface area contributed by atoms with Crippen LogP contribution in [0.5, 0.6) is 0 Å². The van der Waals surface area contributed by atoms with E-state index in [1.807, 2.05) is 13.8 Å². The Bertz CT molecular complexity index is 472. The van der Waals surface area contributed by atoms with Crippen molar-refractivity contribution in [3.05, 3.63) is 24.3 Å². The molecule has 0 radical (unpaired) electrons. The number of carbonyl (C=O) groups excluding carboxylic acids is 2. The fourth-order valence-corrected chi connectivity index (χ4v) is 1.85. The molecule has 4 N–H and O–H groups in total. The van der Waals surface area contributed by atoms with Crippen molar-refractivity contribution in [3.8, 4) is 0 Å². The Morgan fingerprint density at radius 2 is 1.95 bits per heavy atom. The van der Waals surface area contributed by atoms with Crippen LogP contribution in [0.25, 0.3) is 0 Å². The Balaban J connectivity index is 2.55. The van der Waals surface area contributed by atoms with E-state index in [0.29, 0.717) is 24.5 Å². The maximum absolute atomic E-state index is 12.0. The lowest BCUT2D eigenvalue weighted by molar-refractivity contribution is -0.132. The number of benzene rings is 1. The molecule has 0 saturated carbocycles. The molecule has 0 saturated heterocycles. The molecule has 0 fully saturated rings. The minimum Gasteiger partial charge on any atom is -0.399 e. The normalized spacial score (nSPS) is 11.6. The van der Waals surface area contributed by atoms with Crippen molar-refractivity contribution in [2.24, 2.45) is 0 Å². The van der Waals surface area contributed by atoms with Gasteiger partial charge in [0.25, 0.3) is 0 Å². The topological polar surface area (TPSA) is 87.5 Å². The number of nitrogens with one attached hydrogen (secondary N) is 2. The lowest BCUT2D eigenvalue weighted by Crippen LogP contribution is -2.48. The number of nitrogens with two attached hydrogens (primary N) is 1. The Hall–Kier alpha value is -2.24. The van der Waals surface area contributed by atoms with Crippen molar-refractivity contribution in [2.75, 3.05) is 24.1 Å².